The highest BCUT2D eigenvalue weighted by atomic mass is 15.2. The van der Waals surface area contributed by atoms with Crippen LogP contribution in [0.2, 0.25) is 0 Å². The number of fused-ring (bicyclic) bond motifs is 14. The van der Waals surface area contributed by atoms with Gasteiger partial charge in [0.1, 0.15) is 0 Å². The fourth-order valence-corrected chi connectivity index (χ4v) is 10.6. The van der Waals surface area contributed by atoms with E-state index in [1.807, 2.05) is 0 Å². The largest absolute Gasteiger partial charge is 0.310 e. The number of aromatic nitrogens is 1. The molecule has 0 bridgehead atoms. The average molecular weight is 717 g/mol. The topological polar surface area (TPSA) is 8.17 Å². The van der Waals surface area contributed by atoms with Crippen molar-refractivity contribution in [1.29, 1.82) is 0 Å². The van der Waals surface area contributed by atoms with Gasteiger partial charge in [0.25, 0.3) is 0 Å². The number of rotatable bonds is 2. The summed E-state index contributed by atoms with van der Waals surface area (Å²) >= 11 is 0. The SMILES string of the molecule is CC1(C)c2cc3c(cc2-c2cc4c5ccccc5c5ccccc5c4cc21)N(c1cccc(-n2c4ccccc4c4ccccc42)c1)c1ccccc1C3(C)C. The Morgan fingerprint density at radius 3 is 1.46 bits per heavy atom. The number of anilines is 3. The van der Waals surface area contributed by atoms with E-state index in [-0.39, 0.29) is 10.8 Å². The lowest BCUT2D eigenvalue weighted by Crippen LogP contribution is -2.31. The van der Waals surface area contributed by atoms with E-state index in [4.69, 9.17) is 0 Å². The van der Waals surface area contributed by atoms with Crippen LogP contribution in [0.25, 0.3) is 70.9 Å². The van der Waals surface area contributed by atoms with Crippen LogP contribution in [-0.2, 0) is 10.8 Å². The lowest BCUT2D eigenvalue weighted by molar-refractivity contribution is 0.620. The van der Waals surface area contributed by atoms with Gasteiger partial charge in [-0.05, 0) is 120 Å². The van der Waals surface area contributed by atoms with Gasteiger partial charge in [0.2, 0.25) is 0 Å². The summed E-state index contributed by atoms with van der Waals surface area (Å²) in [5, 5.41) is 10.5. The molecule has 10 aromatic rings. The Kier molecular flexibility index (Phi) is 6.22. The molecule has 0 fully saturated rings. The van der Waals surface area contributed by atoms with Gasteiger partial charge in [0.15, 0.2) is 0 Å². The molecule has 56 heavy (non-hydrogen) atoms. The summed E-state index contributed by atoms with van der Waals surface area (Å²) in [4.78, 5) is 2.53. The van der Waals surface area contributed by atoms with Crippen LogP contribution in [-0.4, -0.2) is 4.57 Å². The zero-order chi connectivity index (χ0) is 37.5. The summed E-state index contributed by atoms with van der Waals surface area (Å²) in [6.45, 7) is 9.67. The molecule has 0 amide bonds. The Morgan fingerprint density at radius 2 is 0.804 bits per heavy atom. The fraction of sp³-hybridized carbons (Fsp3) is 0.111. The summed E-state index contributed by atoms with van der Waals surface area (Å²) in [5.41, 5.74) is 15.0. The number of benzene rings is 9. The maximum absolute atomic E-state index is 2.56. The third-order valence-corrected chi connectivity index (χ3v) is 13.3. The molecule has 9 aromatic carbocycles. The van der Waals surface area contributed by atoms with Gasteiger partial charge in [-0.3, -0.25) is 0 Å². The van der Waals surface area contributed by atoms with Crippen molar-refractivity contribution in [3.63, 3.8) is 0 Å². The number of para-hydroxylation sites is 3. The predicted octanol–water partition coefficient (Wildman–Crippen LogP) is 14.7. The number of hydrogen-bond acceptors (Lipinski definition) is 1. The summed E-state index contributed by atoms with van der Waals surface area (Å²) < 4.78 is 2.43. The monoisotopic (exact) mass is 716 g/mol. The van der Waals surface area contributed by atoms with Crippen molar-refractivity contribution in [2.24, 2.45) is 0 Å². The van der Waals surface area contributed by atoms with Crippen LogP contribution in [0.1, 0.15) is 49.9 Å². The lowest BCUT2D eigenvalue weighted by atomic mass is 9.71. The van der Waals surface area contributed by atoms with Crippen molar-refractivity contribution in [3.05, 3.63) is 192 Å². The van der Waals surface area contributed by atoms with E-state index in [0.717, 1.165) is 11.4 Å². The normalized spacial score (nSPS) is 15.0. The van der Waals surface area contributed by atoms with Crippen LogP contribution >= 0.6 is 0 Å². The molecular weight excluding hydrogens is 677 g/mol. The van der Waals surface area contributed by atoms with Crippen LogP contribution < -0.4 is 4.90 Å². The highest BCUT2D eigenvalue weighted by molar-refractivity contribution is 6.26. The first-order valence-electron chi connectivity index (χ1n) is 19.9. The molecular formula is C54H40N2. The van der Waals surface area contributed by atoms with E-state index < -0.39 is 0 Å². The number of nitrogens with zero attached hydrogens (tertiary/aromatic N) is 2. The molecule has 1 aromatic heterocycles. The molecule has 0 saturated heterocycles. The Balaban J connectivity index is 1.12. The molecule has 12 rings (SSSR count). The van der Waals surface area contributed by atoms with E-state index in [1.54, 1.807) is 0 Å². The summed E-state index contributed by atoms with van der Waals surface area (Å²) in [5.74, 6) is 0. The van der Waals surface area contributed by atoms with Crippen LogP contribution in [0.5, 0.6) is 0 Å². The third-order valence-electron chi connectivity index (χ3n) is 13.3. The molecule has 0 N–H and O–H groups in total. The van der Waals surface area contributed by atoms with Crippen molar-refractivity contribution >= 4 is 71.2 Å². The van der Waals surface area contributed by atoms with Crippen LogP contribution in [0.15, 0.2) is 170 Å². The van der Waals surface area contributed by atoms with Crippen molar-refractivity contribution in [1.82, 2.24) is 4.57 Å². The van der Waals surface area contributed by atoms with Crippen molar-refractivity contribution in [2.45, 2.75) is 38.5 Å². The summed E-state index contributed by atoms with van der Waals surface area (Å²) in [6, 6.07) is 63.7. The minimum atomic E-state index is -0.204. The van der Waals surface area contributed by atoms with E-state index in [1.165, 1.54) is 98.9 Å². The second kappa shape index (κ2) is 11.0. The Morgan fingerprint density at radius 1 is 0.321 bits per heavy atom. The highest BCUT2D eigenvalue weighted by Crippen LogP contribution is 2.58. The fourth-order valence-electron chi connectivity index (χ4n) is 10.6. The van der Waals surface area contributed by atoms with Gasteiger partial charge in [-0.2, -0.15) is 0 Å². The quantitative estimate of drug-likeness (QED) is 0.162. The highest BCUT2D eigenvalue weighted by Gasteiger charge is 2.42. The van der Waals surface area contributed by atoms with Crippen LogP contribution in [0, 0.1) is 0 Å². The molecule has 0 unspecified atom stereocenters. The minimum absolute atomic E-state index is 0.172. The van der Waals surface area contributed by atoms with Crippen LogP contribution in [0.3, 0.4) is 0 Å². The van der Waals surface area contributed by atoms with E-state index in [2.05, 4.69) is 207 Å². The molecule has 0 spiro atoms. The molecule has 1 aliphatic heterocycles. The molecule has 2 heteroatoms. The smallest absolute Gasteiger partial charge is 0.0541 e. The molecule has 0 saturated carbocycles. The molecule has 2 aliphatic rings. The first-order chi connectivity index (χ1) is 27.3. The molecule has 266 valence electrons. The molecule has 0 atom stereocenters. The molecule has 2 heterocycles. The minimum Gasteiger partial charge on any atom is -0.310 e. The zero-order valence-corrected chi connectivity index (χ0v) is 32.1. The standard InChI is InChI=1S/C54H40N2/c1-53(2)45-24-11-14-27-51(45)56(34-17-15-16-33(28-34)55-49-25-12-9-22-39(49)40-23-10-13-26-50(40)55)52-31-44-43-29-41-37-20-7-5-18-35(37)36-19-6-8-21-38(36)42(41)30-46(43)54(3,4)47(44)32-48(52)53/h5-32H,1-4H3. The Bertz CT molecular complexity index is 3270. The second-order valence-corrected chi connectivity index (χ2v) is 16.9. The second-order valence-electron chi connectivity index (χ2n) is 16.9. The van der Waals surface area contributed by atoms with Gasteiger partial charge in [-0.1, -0.05) is 143 Å². The van der Waals surface area contributed by atoms with Gasteiger partial charge in [-0.25, -0.2) is 0 Å². The number of hydrogen-bond donors (Lipinski definition) is 0. The summed E-state index contributed by atoms with van der Waals surface area (Å²) in [6.07, 6.45) is 0. The molecule has 2 nitrogen and oxygen atoms in total. The van der Waals surface area contributed by atoms with E-state index in [9.17, 15) is 0 Å². The third kappa shape index (κ3) is 4.06. The molecule has 0 radical (unpaired) electrons. The zero-order valence-electron chi connectivity index (χ0n) is 32.1. The van der Waals surface area contributed by atoms with Crippen molar-refractivity contribution in [2.75, 3.05) is 4.90 Å². The maximum Gasteiger partial charge on any atom is 0.0541 e. The van der Waals surface area contributed by atoms with E-state index >= 15 is 0 Å². The Hall–Kier alpha value is -6.64. The van der Waals surface area contributed by atoms with Gasteiger partial charge >= 0.3 is 0 Å². The average Bonchev–Trinajstić information content (AvgIpc) is 3.68. The van der Waals surface area contributed by atoms with E-state index in [0.29, 0.717) is 0 Å². The Labute approximate surface area is 326 Å². The van der Waals surface area contributed by atoms with Gasteiger partial charge in [0, 0.05) is 33.0 Å². The molecule has 1 aliphatic carbocycles. The van der Waals surface area contributed by atoms with Crippen molar-refractivity contribution < 1.29 is 0 Å². The van der Waals surface area contributed by atoms with Crippen LogP contribution in [0.4, 0.5) is 17.1 Å². The first-order valence-corrected chi connectivity index (χ1v) is 19.9. The van der Waals surface area contributed by atoms with Crippen molar-refractivity contribution in [3.8, 4) is 16.8 Å². The maximum atomic E-state index is 2.56. The summed E-state index contributed by atoms with van der Waals surface area (Å²) in [7, 11) is 0. The lowest BCUT2D eigenvalue weighted by Gasteiger charge is -2.43. The van der Waals surface area contributed by atoms with Gasteiger partial charge in [-0.15, -0.1) is 0 Å². The predicted molar refractivity (Wildman–Crippen MR) is 238 cm³/mol. The first kappa shape index (κ1) is 31.7. The van der Waals surface area contributed by atoms with Gasteiger partial charge in [0.05, 0.1) is 22.4 Å². The van der Waals surface area contributed by atoms with Gasteiger partial charge < -0.3 is 9.47 Å².